The van der Waals surface area contributed by atoms with E-state index in [0.29, 0.717) is 0 Å². The van der Waals surface area contributed by atoms with Crippen LogP contribution < -0.4 is 0 Å². The second kappa shape index (κ2) is 6.33. The van der Waals surface area contributed by atoms with Gasteiger partial charge in [-0.1, -0.05) is 24.3 Å². The zero-order chi connectivity index (χ0) is 12.9. The molecule has 1 aromatic heterocycles. The van der Waals surface area contributed by atoms with E-state index in [1.807, 2.05) is 6.07 Å². The molecule has 0 saturated carbocycles. The molecule has 99 valence electrons. The number of nitrogens with zero attached hydrogens (tertiary/aromatic N) is 1. The summed E-state index contributed by atoms with van der Waals surface area (Å²) < 4.78 is 5.37. The van der Waals surface area contributed by atoms with Crippen molar-refractivity contribution in [2.24, 2.45) is 0 Å². The van der Waals surface area contributed by atoms with Crippen molar-refractivity contribution < 1.29 is 4.74 Å². The first-order valence-corrected chi connectivity index (χ1v) is 7.59. The first kappa shape index (κ1) is 12.9. The van der Waals surface area contributed by atoms with Crippen LogP contribution in [-0.2, 0) is 11.2 Å². The van der Waals surface area contributed by atoms with Crippen LogP contribution in [0.15, 0.2) is 36.4 Å². The molecule has 0 atom stereocenters. The Labute approximate surface area is 118 Å². The van der Waals surface area contributed by atoms with Gasteiger partial charge in [0.25, 0.3) is 0 Å². The van der Waals surface area contributed by atoms with Crippen LogP contribution in [0.5, 0.6) is 0 Å². The van der Waals surface area contributed by atoms with Gasteiger partial charge in [-0.15, -0.1) is 11.3 Å². The van der Waals surface area contributed by atoms with E-state index in [1.165, 1.54) is 16.0 Å². The van der Waals surface area contributed by atoms with Crippen molar-refractivity contribution in [3.8, 4) is 10.4 Å². The third kappa shape index (κ3) is 3.44. The first-order valence-electron chi connectivity index (χ1n) is 6.77. The van der Waals surface area contributed by atoms with Crippen LogP contribution in [0.4, 0.5) is 0 Å². The number of ether oxygens (including phenoxy) is 1. The summed E-state index contributed by atoms with van der Waals surface area (Å²) in [4.78, 5) is 3.77. The van der Waals surface area contributed by atoms with Gasteiger partial charge in [0, 0.05) is 29.9 Å². The Morgan fingerprint density at radius 2 is 1.89 bits per heavy atom. The summed E-state index contributed by atoms with van der Waals surface area (Å²) in [6, 6.07) is 13.0. The van der Waals surface area contributed by atoms with Gasteiger partial charge in [-0.05, 0) is 29.7 Å². The molecule has 0 N–H and O–H groups in total. The van der Waals surface area contributed by atoms with E-state index in [1.54, 1.807) is 11.3 Å². The Morgan fingerprint density at radius 3 is 2.58 bits per heavy atom. The molecule has 2 nitrogen and oxygen atoms in total. The lowest BCUT2D eigenvalue weighted by atomic mass is 10.1. The van der Waals surface area contributed by atoms with Gasteiger partial charge < -0.3 is 4.74 Å². The molecular weight excluding hydrogens is 254 g/mol. The van der Waals surface area contributed by atoms with Crippen LogP contribution >= 0.6 is 11.3 Å². The molecule has 0 unspecified atom stereocenters. The fourth-order valence-corrected chi connectivity index (χ4v) is 3.00. The monoisotopic (exact) mass is 272 g/mol. The zero-order valence-electron chi connectivity index (χ0n) is 11.0. The molecule has 0 spiro atoms. The van der Waals surface area contributed by atoms with Crippen LogP contribution in [0.3, 0.4) is 0 Å². The highest BCUT2D eigenvalue weighted by atomic mass is 32.1. The van der Waals surface area contributed by atoms with Crippen molar-refractivity contribution in [3.63, 3.8) is 0 Å². The molecular formula is C16H18NOS. The van der Waals surface area contributed by atoms with Crippen molar-refractivity contribution in [2.75, 3.05) is 32.8 Å². The van der Waals surface area contributed by atoms with Crippen LogP contribution in [0.2, 0.25) is 0 Å². The average molecular weight is 272 g/mol. The van der Waals surface area contributed by atoms with Crippen molar-refractivity contribution in [1.29, 1.82) is 0 Å². The zero-order valence-corrected chi connectivity index (χ0v) is 11.8. The van der Waals surface area contributed by atoms with Crippen LogP contribution in [0.1, 0.15) is 5.56 Å². The van der Waals surface area contributed by atoms with Crippen molar-refractivity contribution in [3.05, 3.63) is 47.3 Å². The minimum Gasteiger partial charge on any atom is -0.379 e. The summed E-state index contributed by atoms with van der Waals surface area (Å²) in [7, 11) is 0. The van der Waals surface area contributed by atoms with Gasteiger partial charge in [0.15, 0.2) is 0 Å². The van der Waals surface area contributed by atoms with E-state index < -0.39 is 0 Å². The maximum absolute atomic E-state index is 5.37. The molecule has 1 radical (unpaired) electrons. The number of thiophene rings is 1. The van der Waals surface area contributed by atoms with Gasteiger partial charge in [0.1, 0.15) is 0 Å². The highest BCUT2D eigenvalue weighted by Crippen LogP contribution is 2.24. The van der Waals surface area contributed by atoms with Crippen molar-refractivity contribution in [1.82, 2.24) is 4.90 Å². The Morgan fingerprint density at radius 1 is 1.11 bits per heavy atom. The summed E-state index contributed by atoms with van der Waals surface area (Å²) in [6.07, 6.45) is 1.12. The van der Waals surface area contributed by atoms with E-state index in [0.717, 1.165) is 39.3 Å². The maximum atomic E-state index is 5.37. The second-order valence-electron chi connectivity index (χ2n) is 4.82. The predicted octanol–water partition coefficient (Wildman–Crippen LogP) is 3.09. The average Bonchev–Trinajstić information content (AvgIpc) is 3.01. The summed E-state index contributed by atoms with van der Waals surface area (Å²) in [5, 5.41) is 3.13. The molecule has 1 aliphatic rings. The molecule has 0 amide bonds. The van der Waals surface area contributed by atoms with Crippen LogP contribution in [0, 0.1) is 5.38 Å². The topological polar surface area (TPSA) is 12.5 Å². The lowest BCUT2D eigenvalue weighted by Gasteiger charge is -2.26. The Bertz CT molecular complexity index is 486. The Hall–Kier alpha value is -1.16. The fraction of sp³-hybridized carbons (Fsp3) is 0.375. The largest absolute Gasteiger partial charge is 0.379 e. The van der Waals surface area contributed by atoms with Crippen LogP contribution in [-0.4, -0.2) is 37.7 Å². The number of morpholine rings is 1. The fourth-order valence-electron chi connectivity index (χ4n) is 2.34. The van der Waals surface area contributed by atoms with Gasteiger partial charge >= 0.3 is 0 Å². The highest BCUT2D eigenvalue weighted by Gasteiger charge is 2.09. The molecule has 2 heterocycles. The van der Waals surface area contributed by atoms with E-state index >= 15 is 0 Å². The number of hydrogen-bond acceptors (Lipinski definition) is 3. The number of benzene rings is 1. The standard InChI is InChI=1S/C16H18NOS/c1-2-16(19-13-1)15-5-3-14(4-6-15)7-8-17-9-11-18-12-10-17/h1-6H,7-12H2. The van der Waals surface area contributed by atoms with E-state index in [-0.39, 0.29) is 0 Å². The summed E-state index contributed by atoms with van der Waals surface area (Å²) >= 11 is 1.67. The van der Waals surface area contributed by atoms with Crippen molar-refractivity contribution >= 4 is 11.3 Å². The lowest BCUT2D eigenvalue weighted by Crippen LogP contribution is -2.37. The third-order valence-corrected chi connectivity index (χ3v) is 4.38. The van der Waals surface area contributed by atoms with Crippen LogP contribution in [0.25, 0.3) is 10.4 Å². The number of rotatable bonds is 4. The molecule has 3 heteroatoms. The molecule has 1 aliphatic heterocycles. The van der Waals surface area contributed by atoms with Gasteiger partial charge in [0.05, 0.1) is 13.2 Å². The summed E-state index contributed by atoms with van der Waals surface area (Å²) in [5.74, 6) is 0. The maximum Gasteiger partial charge on any atom is 0.0594 e. The first-order chi connectivity index (χ1) is 9.42. The quantitative estimate of drug-likeness (QED) is 0.848. The minimum atomic E-state index is 0.883. The summed E-state index contributed by atoms with van der Waals surface area (Å²) in [5.41, 5.74) is 2.71. The molecule has 1 fully saturated rings. The predicted molar refractivity (Wildman–Crippen MR) is 79.6 cm³/mol. The normalized spacial score (nSPS) is 16.6. The lowest BCUT2D eigenvalue weighted by molar-refractivity contribution is 0.0384. The van der Waals surface area contributed by atoms with Crippen molar-refractivity contribution in [2.45, 2.75) is 6.42 Å². The second-order valence-corrected chi connectivity index (χ2v) is 5.70. The Kier molecular flexibility index (Phi) is 4.28. The Balaban J connectivity index is 1.57. The summed E-state index contributed by atoms with van der Waals surface area (Å²) in [6.45, 7) is 5.04. The molecule has 3 rings (SSSR count). The molecule has 1 saturated heterocycles. The molecule has 0 aliphatic carbocycles. The smallest absolute Gasteiger partial charge is 0.0594 e. The van der Waals surface area contributed by atoms with E-state index in [4.69, 9.17) is 4.74 Å². The third-order valence-electron chi connectivity index (χ3n) is 3.53. The van der Waals surface area contributed by atoms with E-state index in [2.05, 4.69) is 40.6 Å². The van der Waals surface area contributed by atoms with Gasteiger partial charge in [-0.2, -0.15) is 0 Å². The highest BCUT2D eigenvalue weighted by molar-refractivity contribution is 7.13. The molecule has 19 heavy (non-hydrogen) atoms. The van der Waals surface area contributed by atoms with E-state index in [9.17, 15) is 0 Å². The number of hydrogen-bond donors (Lipinski definition) is 0. The molecule has 0 bridgehead atoms. The SMILES string of the molecule is [c]1ccc(-c2ccc(CCN3CCOCC3)cc2)s1. The minimum absolute atomic E-state index is 0.883. The van der Waals surface area contributed by atoms with Gasteiger partial charge in [0.2, 0.25) is 0 Å². The molecule has 1 aromatic carbocycles. The van der Waals surface area contributed by atoms with Gasteiger partial charge in [-0.25, -0.2) is 0 Å². The molecule has 2 aromatic rings. The van der Waals surface area contributed by atoms with Gasteiger partial charge in [-0.3, -0.25) is 4.90 Å².